The van der Waals surface area contributed by atoms with E-state index in [4.69, 9.17) is 4.98 Å². The van der Waals surface area contributed by atoms with Crippen LogP contribution in [0.3, 0.4) is 0 Å². The average molecular weight is 286 g/mol. The highest BCUT2D eigenvalue weighted by Crippen LogP contribution is 2.34. The predicted molar refractivity (Wildman–Crippen MR) is 79.2 cm³/mol. The van der Waals surface area contributed by atoms with E-state index in [1.54, 1.807) is 6.20 Å². The number of Topliss-reactive ketones (excluding diaryl/α,β-unsaturated/α-hetero) is 1. The number of carbonyl (C=O) groups excluding carboxylic acids is 1. The van der Waals surface area contributed by atoms with Gasteiger partial charge >= 0.3 is 0 Å². The molecule has 0 saturated carbocycles. The molecular formula is C16H22N4O. The number of piperazine rings is 3. The molecule has 0 aromatic carbocycles. The summed E-state index contributed by atoms with van der Waals surface area (Å²) in [7, 11) is 0. The Bertz CT molecular complexity index is 590. The molecule has 112 valence electrons. The molecule has 0 N–H and O–H groups in total. The van der Waals surface area contributed by atoms with Crippen molar-refractivity contribution >= 4 is 5.78 Å². The molecule has 4 aliphatic rings. The lowest BCUT2D eigenvalue weighted by atomic mass is 9.76. The van der Waals surface area contributed by atoms with Crippen LogP contribution in [0.15, 0.2) is 6.20 Å². The molecule has 1 aromatic rings. The molecule has 5 heteroatoms. The Morgan fingerprint density at radius 3 is 2.62 bits per heavy atom. The first-order valence-corrected chi connectivity index (χ1v) is 7.87. The molecule has 3 aliphatic heterocycles. The van der Waals surface area contributed by atoms with Crippen LogP contribution in [0.2, 0.25) is 0 Å². The fourth-order valence-corrected chi connectivity index (χ4v) is 3.87. The molecule has 4 heterocycles. The fourth-order valence-electron chi connectivity index (χ4n) is 3.87. The number of aromatic nitrogens is 2. The monoisotopic (exact) mass is 286 g/mol. The largest absolute Gasteiger partial charge is 0.299 e. The molecule has 5 nitrogen and oxygen atoms in total. The van der Waals surface area contributed by atoms with Crippen molar-refractivity contribution in [1.82, 2.24) is 19.8 Å². The van der Waals surface area contributed by atoms with Crippen molar-refractivity contribution in [2.75, 3.05) is 32.7 Å². The van der Waals surface area contributed by atoms with Crippen molar-refractivity contribution < 1.29 is 4.79 Å². The smallest absolute Gasteiger partial charge is 0.166 e. The van der Waals surface area contributed by atoms with E-state index in [1.165, 1.54) is 0 Å². The van der Waals surface area contributed by atoms with Crippen molar-refractivity contribution in [3.63, 3.8) is 0 Å². The summed E-state index contributed by atoms with van der Waals surface area (Å²) in [6.45, 7) is 9.85. The Kier molecular flexibility index (Phi) is 2.91. The zero-order chi connectivity index (χ0) is 14.6. The molecule has 3 saturated heterocycles. The first-order valence-electron chi connectivity index (χ1n) is 7.87. The number of hydrogen-bond donors (Lipinski definition) is 0. The van der Waals surface area contributed by atoms with E-state index in [2.05, 4.69) is 28.6 Å². The Morgan fingerprint density at radius 2 is 1.95 bits per heavy atom. The molecular weight excluding hydrogens is 264 g/mol. The molecule has 21 heavy (non-hydrogen) atoms. The van der Waals surface area contributed by atoms with Crippen LogP contribution < -0.4 is 0 Å². The van der Waals surface area contributed by atoms with E-state index in [-0.39, 0.29) is 11.2 Å². The summed E-state index contributed by atoms with van der Waals surface area (Å²) in [4.78, 5) is 26.5. The van der Waals surface area contributed by atoms with Crippen molar-refractivity contribution in [2.45, 2.75) is 32.7 Å². The van der Waals surface area contributed by atoms with Gasteiger partial charge in [-0.1, -0.05) is 13.8 Å². The third-order valence-corrected chi connectivity index (χ3v) is 5.05. The van der Waals surface area contributed by atoms with E-state index in [0.29, 0.717) is 12.5 Å². The lowest BCUT2D eigenvalue weighted by Crippen LogP contribution is -2.57. The quantitative estimate of drug-likeness (QED) is 0.779. The van der Waals surface area contributed by atoms with Gasteiger partial charge in [0.25, 0.3) is 0 Å². The van der Waals surface area contributed by atoms with Crippen LogP contribution in [0.5, 0.6) is 0 Å². The van der Waals surface area contributed by atoms with Gasteiger partial charge in [0.05, 0.1) is 17.3 Å². The van der Waals surface area contributed by atoms with Gasteiger partial charge in [0.1, 0.15) is 5.82 Å². The van der Waals surface area contributed by atoms with Gasteiger partial charge in [-0.15, -0.1) is 0 Å². The van der Waals surface area contributed by atoms with Gasteiger partial charge in [-0.3, -0.25) is 14.6 Å². The zero-order valence-electron chi connectivity index (χ0n) is 12.8. The van der Waals surface area contributed by atoms with Gasteiger partial charge in [0, 0.05) is 45.3 Å². The summed E-state index contributed by atoms with van der Waals surface area (Å²) in [5.74, 6) is 1.10. The minimum absolute atomic E-state index is 0.0189. The minimum atomic E-state index is 0.0189. The Balaban J connectivity index is 1.68. The normalized spacial score (nSPS) is 33.8. The highest BCUT2D eigenvalue weighted by molar-refractivity contribution is 5.98. The standard InChI is InChI=1S/C16H22N4O/c1-16(2)7-12-11(14(21)8-16)9-17-15(18-12)13-10-19-3-5-20(13)6-4-19/h9,13H,3-8,10H2,1-2H3. The highest BCUT2D eigenvalue weighted by Gasteiger charge is 2.37. The van der Waals surface area contributed by atoms with Gasteiger partial charge in [-0.25, -0.2) is 9.97 Å². The molecule has 1 unspecified atom stereocenters. The van der Waals surface area contributed by atoms with Crippen molar-refractivity contribution in [1.29, 1.82) is 0 Å². The second-order valence-corrected chi connectivity index (χ2v) is 7.38. The third-order valence-electron chi connectivity index (χ3n) is 5.05. The number of ketones is 1. The van der Waals surface area contributed by atoms with Gasteiger partial charge < -0.3 is 0 Å². The van der Waals surface area contributed by atoms with Gasteiger partial charge in [0.15, 0.2) is 5.78 Å². The van der Waals surface area contributed by atoms with Gasteiger partial charge in [-0.2, -0.15) is 0 Å². The van der Waals surface area contributed by atoms with E-state index < -0.39 is 0 Å². The summed E-state index contributed by atoms with van der Waals surface area (Å²) in [6.07, 6.45) is 3.25. The number of nitrogens with zero attached hydrogens (tertiary/aromatic N) is 4. The second kappa shape index (κ2) is 4.58. The Morgan fingerprint density at radius 1 is 1.19 bits per heavy atom. The van der Waals surface area contributed by atoms with Gasteiger partial charge in [-0.05, 0) is 11.8 Å². The number of rotatable bonds is 1. The summed E-state index contributed by atoms with van der Waals surface area (Å²) in [5, 5.41) is 0. The van der Waals surface area contributed by atoms with Crippen LogP contribution in [-0.2, 0) is 6.42 Å². The van der Waals surface area contributed by atoms with E-state index in [1.807, 2.05) is 0 Å². The number of fused-ring (bicyclic) bond motifs is 4. The minimum Gasteiger partial charge on any atom is -0.299 e. The first kappa shape index (κ1) is 13.3. The summed E-state index contributed by atoms with van der Waals surface area (Å²) >= 11 is 0. The molecule has 0 radical (unpaired) electrons. The molecule has 1 aromatic heterocycles. The van der Waals surface area contributed by atoms with E-state index >= 15 is 0 Å². The number of hydrogen-bond acceptors (Lipinski definition) is 5. The van der Waals surface area contributed by atoms with Crippen LogP contribution >= 0.6 is 0 Å². The second-order valence-electron chi connectivity index (χ2n) is 7.38. The van der Waals surface area contributed by atoms with E-state index in [9.17, 15) is 4.79 Å². The molecule has 3 fully saturated rings. The number of carbonyl (C=O) groups is 1. The molecule has 0 amide bonds. The predicted octanol–water partition coefficient (Wildman–Crippen LogP) is 1.30. The lowest BCUT2D eigenvalue weighted by Gasteiger charge is -2.46. The van der Waals surface area contributed by atoms with E-state index in [0.717, 1.165) is 56.2 Å². The Labute approximate surface area is 125 Å². The SMILES string of the molecule is CC1(C)CC(=O)c2cnc(C3CN4CCN3CC4)nc2C1. The van der Waals surface area contributed by atoms with Crippen molar-refractivity contribution in [3.8, 4) is 0 Å². The highest BCUT2D eigenvalue weighted by atomic mass is 16.1. The van der Waals surface area contributed by atoms with Gasteiger partial charge in [0.2, 0.25) is 0 Å². The molecule has 0 spiro atoms. The van der Waals surface area contributed by atoms with Crippen LogP contribution in [0.1, 0.15) is 48.2 Å². The fraction of sp³-hybridized carbons (Fsp3) is 0.688. The zero-order valence-corrected chi connectivity index (χ0v) is 12.8. The maximum Gasteiger partial charge on any atom is 0.166 e. The maximum atomic E-state index is 12.2. The molecule has 1 aliphatic carbocycles. The first-order chi connectivity index (χ1) is 10.0. The van der Waals surface area contributed by atoms with Crippen molar-refractivity contribution in [2.24, 2.45) is 5.41 Å². The Hall–Kier alpha value is -1.33. The van der Waals surface area contributed by atoms with Crippen LogP contribution in [0.25, 0.3) is 0 Å². The van der Waals surface area contributed by atoms with Crippen LogP contribution in [-0.4, -0.2) is 58.3 Å². The summed E-state index contributed by atoms with van der Waals surface area (Å²) in [5.41, 5.74) is 1.72. The molecule has 5 rings (SSSR count). The lowest BCUT2D eigenvalue weighted by molar-refractivity contribution is 0.00846. The summed E-state index contributed by atoms with van der Waals surface area (Å²) < 4.78 is 0. The maximum absolute atomic E-state index is 12.2. The van der Waals surface area contributed by atoms with Crippen LogP contribution in [0, 0.1) is 5.41 Å². The third kappa shape index (κ3) is 2.28. The molecule has 2 bridgehead atoms. The molecule has 1 atom stereocenters. The summed E-state index contributed by atoms with van der Waals surface area (Å²) in [6, 6.07) is 0.304. The van der Waals surface area contributed by atoms with Crippen LogP contribution in [0.4, 0.5) is 0 Å². The van der Waals surface area contributed by atoms with Crippen molar-refractivity contribution in [3.05, 3.63) is 23.3 Å². The topological polar surface area (TPSA) is 49.3 Å². The average Bonchev–Trinajstić information content (AvgIpc) is 2.46.